The van der Waals surface area contributed by atoms with Gasteiger partial charge in [0.05, 0.1) is 0 Å². The normalized spacial score (nSPS) is 17.9. The Kier molecular flexibility index (Phi) is 8.40. The van der Waals surface area contributed by atoms with Crippen LogP contribution < -0.4 is 14.8 Å². The lowest BCUT2D eigenvalue weighted by atomic mass is 10.0. The molecule has 4 aromatic rings. The highest BCUT2D eigenvalue weighted by molar-refractivity contribution is 7.97. The fourth-order valence-corrected chi connectivity index (χ4v) is 5.17. The van der Waals surface area contributed by atoms with Gasteiger partial charge in [0.15, 0.2) is 0 Å². The number of rotatable bonds is 6. The largest absolute Gasteiger partial charge is 0.573 e. The van der Waals surface area contributed by atoms with E-state index >= 15 is 0 Å². The zero-order valence-electron chi connectivity index (χ0n) is 19.7. The Hall–Kier alpha value is -3.20. The molecule has 1 saturated heterocycles. The molecule has 1 aromatic heterocycles. The first-order valence-corrected chi connectivity index (χ1v) is 12.4. The lowest BCUT2D eigenvalue weighted by Gasteiger charge is -2.32. The van der Waals surface area contributed by atoms with Gasteiger partial charge in [-0.25, -0.2) is 0 Å². The second kappa shape index (κ2) is 11.7. The molecule has 0 amide bonds. The molecule has 5 rings (SSSR count). The van der Waals surface area contributed by atoms with E-state index in [1.54, 1.807) is 24.3 Å². The van der Waals surface area contributed by atoms with E-state index in [0.29, 0.717) is 0 Å². The van der Waals surface area contributed by atoms with Crippen molar-refractivity contribution in [2.75, 3.05) is 13.1 Å². The van der Waals surface area contributed by atoms with Crippen LogP contribution in [0.2, 0.25) is 0 Å². The smallest absolute Gasteiger partial charge is 0.406 e. The van der Waals surface area contributed by atoms with E-state index in [1.165, 1.54) is 45.9 Å². The van der Waals surface area contributed by atoms with Crippen molar-refractivity contribution in [3.05, 3.63) is 98.1 Å². The van der Waals surface area contributed by atoms with Gasteiger partial charge in [-0.2, -0.15) is 0 Å². The SMILES string of the molecule is C=CC=C.FC(F)(F)Oc1ccc(SNC2CNCC(n3c4ccccc4c4ccccc43)C2)cc1. The van der Waals surface area contributed by atoms with Crippen LogP contribution >= 0.6 is 11.9 Å². The van der Waals surface area contributed by atoms with Crippen LogP contribution in [-0.4, -0.2) is 30.1 Å². The minimum Gasteiger partial charge on any atom is -0.406 e. The number of alkyl halides is 3. The molecule has 0 spiro atoms. The molecule has 8 heteroatoms. The van der Waals surface area contributed by atoms with Crippen molar-refractivity contribution in [3.63, 3.8) is 0 Å². The van der Waals surface area contributed by atoms with Crippen molar-refractivity contribution < 1.29 is 17.9 Å². The molecule has 188 valence electrons. The number of ether oxygens (including phenoxy) is 1. The second-order valence-corrected chi connectivity index (χ2v) is 9.27. The first kappa shape index (κ1) is 25.9. The summed E-state index contributed by atoms with van der Waals surface area (Å²) in [4.78, 5) is 0.832. The fraction of sp³-hybridized carbons (Fsp3) is 0.214. The Bertz CT molecular complexity index is 1260. The number of hydrogen-bond donors (Lipinski definition) is 2. The number of halogens is 3. The van der Waals surface area contributed by atoms with Crippen LogP contribution in [0, 0.1) is 0 Å². The van der Waals surface area contributed by atoms with Crippen molar-refractivity contribution in [1.29, 1.82) is 0 Å². The Morgan fingerprint density at radius 1 is 0.889 bits per heavy atom. The first-order valence-electron chi connectivity index (χ1n) is 11.6. The van der Waals surface area contributed by atoms with E-state index < -0.39 is 6.36 Å². The quantitative estimate of drug-likeness (QED) is 0.211. The van der Waals surface area contributed by atoms with E-state index in [9.17, 15) is 13.2 Å². The minimum atomic E-state index is -4.68. The highest BCUT2D eigenvalue weighted by Gasteiger charge is 2.31. The van der Waals surface area contributed by atoms with Gasteiger partial charge in [0, 0.05) is 51.9 Å². The van der Waals surface area contributed by atoms with Crippen molar-refractivity contribution >= 4 is 33.8 Å². The third-order valence-electron chi connectivity index (χ3n) is 5.88. The topological polar surface area (TPSA) is 38.2 Å². The Morgan fingerprint density at radius 3 is 2.03 bits per heavy atom. The van der Waals surface area contributed by atoms with Gasteiger partial charge < -0.3 is 14.6 Å². The van der Waals surface area contributed by atoms with Crippen LogP contribution in [0.3, 0.4) is 0 Å². The maximum atomic E-state index is 12.3. The number of allylic oxidation sites excluding steroid dienone is 2. The van der Waals surface area contributed by atoms with Crippen LogP contribution in [0.25, 0.3) is 21.8 Å². The molecular weight excluding hydrogens is 483 g/mol. The summed E-state index contributed by atoms with van der Waals surface area (Å²) in [6, 6.07) is 23.4. The molecule has 0 bridgehead atoms. The maximum Gasteiger partial charge on any atom is 0.573 e. The Morgan fingerprint density at radius 2 is 1.47 bits per heavy atom. The second-order valence-electron chi connectivity index (χ2n) is 8.36. The molecule has 1 fully saturated rings. The summed E-state index contributed by atoms with van der Waals surface area (Å²) >= 11 is 1.42. The summed E-state index contributed by atoms with van der Waals surface area (Å²) in [5.74, 6) is -0.215. The third kappa shape index (κ3) is 6.32. The van der Waals surface area contributed by atoms with Crippen molar-refractivity contribution in [2.24, 2.45) is 0 Å². The molecule has 2 heterocycles. The number of nitrogens with zero attached hydrogens (tertiary/aromatic N) is 1. The zero-order chi connectivity index (χ0) is 25.5. The number of fused-ring (bicyclic) bond motifs is 3. The average Bonchev–Trinajstić information content (AvgIpc) is 3.22. The highest BCUT2D eigenvalue weighted by Crippen LogP contribution is 2.34. The lowest BCUT2D eigenvalue weighted by molar-refractivity contribution is -0.274. The monoisotopic (exact) mass is 511 g/mol. The number of aromatic nitrogens is 1. The molecular formula is C28H28F3N3OS. The van der Waals surface area contributed by atoms with E-state index in [1.807, 2.05) is 0 Å². The summed E-state index contributed by atoms with van der Waals surface area (Å²) in [7, 11) is 0. The zero-order valence-corrected chi connectivity index (χ0v) is 20.5. The molecule has 2 atom stereocenters. The lowest BCUT2D eigenvalue weighted by Crippen LogP contribution is -2.45. The average molecular weight is 512 g/mol. The molecule has 1 aliphatic heterocycles. The predicted molar refractivity (Wildman–Crippen MR) is 142 cm³/mol. The van der Waals surface area contributed by atoms with E-state index in [-0.39, 0.29) is 17.8 Å². The van der Waals surface area contributed by atoms with Gasteiger partial charge in [0.25, 0.3) is 0 Å². The van der Waals surface area contributed by atoms with Crippen molar-refractivity contribution in [3.8, 4) is 5.75 Å². The molecule has 4 nitrogen and oxygen atoms in total. The standard InChI is InChI=1S/C24H22F3N3OS.C4H6/c25-24(26,27)31-18-9-11-19(12-10-18)32-29-16-13-17(15-28-14-16)30-22-7-3-1-5-20(22)21-6-2-4-8-23(21)30;1-3-4-2/h1-12,16-17,28-29H,13-15H2;3-4H,1-2H2. The van der Waals surface area contributed by atoms with Gasteiger partial charge >= 0.3 is 6.36 Å². The third-order valence-corrected chi connectivity index (χ3v) is 6.84. The summed E-state index contributed by atoms with van der Waals surface area (Å²) in [5, 5.41) is 6.05. The molecule has 2 N–H and O–H groups in total. The van der Waals surface area contributed by atoms with E-state index in [0.717, 1.165) is 24.4 Å². The van der Waals surface area contributed by atoms with Gasteiger partial charge in [0.2, 0.25) is 0 Å². The van der Waals surface area contributed by atoms with Crippen LogP contribution in [-0.2, 0) is 0 Å². The number of piperidine rings is 1. The fourth-order valence-electron chi connectivity index (χ4n) is 4.41. The molecule has 1 aliphatic rings. The molecule has 3 aromatic carbocycles. The van der Waals surface area contributed by atoms with Crippen LogP contribution in [0.5, 0.6) is 5.75 Å². The number of hydrogen-bond acceptors (Lipinski definition) is 4. The maximum absolute atomic E-state index is 12.3. The van der Waals surface area contributed by atoms with Gasteiger partial charge in [-0.15, -0.1) is 13.2 Å². The summed E-state index contributed by atoms with van der Waals surface area (Å²) < 4.78 is 46.8. The summed E-state index contributed by atoms with van der Waals surface area (Å²) in [6.07, 6.45) is -0.458. The van der Waals surface area contributed by atoms with Crippen molar-refractivity contribution in [1.82, 2.24) is 14.6 Å². The Labute approximate surface area is 213 Å². The van der Waals surface area contributed by atoms with E-state index in [2.05, 4.69) is 81.0 Å². The van der Waals surface area contributed by atoms with Crippen molar-refractivity contribution in [2.45, 2.75) is 29.8 Å². The molecule has 36 heavy (non-hydrogen) atoms. The van der Waals surface area contributed by atoms with Crippen LogP contribution in [0.1, 0.15) is 12.5 Å². The number of para-hydroxylation sites is 2. The first-order chi connectivity index (χ1) is 17.4. The molecule has 0 saturated carbocycles. The van der Waals surface area contributed by atoms with Gasteiger partial charge in [-0.1, -0.05) is 61.7 Å². The van der Waals surface area contributed by atoms with Gasteiger partial charge in [0.1, 0.15) is 5.75 Å². The molecule has 0 radical (unpaired) electrons. The van der Waals surface area contributed by atoms with Gasteiger partial charge in [-0.05, 0) is 54.8 Å². The summed E-state index contributed by atoms with van der Waals surface area (Å²) in [5.41, 5.74) is 2.46. The molecule has 0 aliphatic carbocycles. The van der Waals surface area contributed by atoms with Crippen LogP contribution in [0.4, 0.5) is 13.2 Å². The Balaban J connectivity index is 0.000000709. The number of nitrogens with one attached hydrogen (secondary N) is 2. The van der Waals surface area contributed by atoms with Crippen LogP contribution in [0.15, 0.2) is 103 Å². The van der Waals surface area contributed by atoms with Gasteiger partial charge in [-0.3, -0.25) is 4.72 Å². The number of benzene rings is 3. The van der Waals surface area contributed by atoms with E-state index in [4.69, 9.17) is 0 Å². The highest BCUT2D eigenvalue weighted by atomic mass is 32.2. The molecule has 2 unspecified atom stereocenters. The summed E-state index contributed by atoms with van der Waals surface area (Å²) in [6.45, 7) is 8.44. The minimum absolute atomic E-state index is 0.213. The predicted octanol–water partition coefficient (Wildman–Crippen LogP) is 7.25.